The third-order valence-electron chi connectivity index (χ3n) is 4.26. The van der Waals surface area contributed by atoms with Gasteiger partial charge in [-0.25, -0.2) is 4.79 Å². The van der Waals surface area contributed by atoms with E-state index in [9.17, 15) is 4.79 Å². The van der Waals surface area contributed by atoms with E-state index < -0.39 is 5.97 Å². The van der Waals surface area contributed by atoms with Gasteiger partial charge in [0.25, 0.3) is 0 Å². The summed E-state index contributed by atoms with van der Waals surface area (Å²) in [5.41, 5.74) is 3.38. The maximum absolute atomic E-state index is 10.8. The molecule has 0 saturated carbocycles. The highest BCUT2D eigenvalue weighted by atomic mass is 16.5. The molecule has 0 atom stereocenters. The molecule has 4 nitrogen and oxygen atoms in total. The minimum atomic E-state index is -0.991. The number of aromatic nitrogens is 1. The minimum absolute atomic E-state index is 0.357. The Morgan fingerprint density at radius 1 is 1.08 bits per heavy atom. The van der Waals surface area contributed by atoms with E-state index >= 15 is 0 Å². The summed E-state index contributed by atoms with van der Waals surface area (Å²) < 4.78 is 5.41. The number of ether oxygens (including phenoxy) is 1. The van der Waals surface area contributed by atoms with E-state index in [0.29, 0.717) is 18.1 Å². The lowest BCUT2D eigenvalue weighted by Gasteiger charge is -2.15. The third kappa shape index (κ3) is 3.79. The summed E-state index contributed by atoms with van der Waals surface area (Å²) in [5, 5.41) is 11.3. The van der Waals surface area contributed by atoms with Crippen molar-refractivity contribution in [3.05, 3.63) is 71.5 Å². The van der Waals surface area contributed by atoms with Crippen molar-refractivity contribution in [2.45, 2.75) is 26.2 Å². The number of hydrogen-bond acceptors (Lipinski definition) is 3. The molecule has 0 bridgehead atoms. The van der Waals surface area contributed by atoms with Gasteiger partial charge in [0.05, 0.1) is 0 Å². The van der Waals surface area contributed by atoms with Gasteiger partial charge in [0.2, 0.25) is 0 Å². The molecule has 0 amide bonds. The van der Waals surface area contributed by atoms with Crippen molar-refractivity contribution in [2.75, 3.05) is 6.61 Å². The molecule has 1 N–H and O–H groups in total. The number of carboxylic acids is 1. The van der Waals surface area contributed by atoms with Crippen LogP contribution in [0.25, 0.3) is 10.8 Å². The van der Waals surface area contributed by atoms with Crippen LogP contribution in [0.5, 0.6) is 5.75 Å². The second kappa shape index (κ2) is 7.34. The molecular weight excluding hydrogens is 314 g/mol. The van der Waals surface area contributed by atoms with Crippen molar-refractivity contribution in [3.8, 4) is 5.75 Å². The van der Waals surface area contributed by atoms with Crippen molar-refractivity contribution < 1.29 is 14.6 Å². The predicted molar refractivity (Wildman–Crippen MR) is 98.2 cm³/mol. The zero-order valence-electron chi connectivity index (χ0n) is 14.4. The first-order valence-electron chi connectivity index (χ1n) is 8.34. The topological polar surface area (TPSA) is 59.4 Å². The van der Waals surface area contributed by atoms with E-state index in [1.165, 1.54) is 21.9 Å². The van der Waals surface area contributed by atoms with Crippen LogP contribution < -0.4 is 4.74 Å². The van der Waals surface area contributed by atoms with Gasteiger partial charge in [-0.3, -0.25) is 4.98 Å². The van der Waals surface area contributed by atoms with Gasteiger partial charge in [0, 0.05) is 24.4 Å². The fourth-order valence-corrected chi connectivity index (χ4v) is 3.08. The number of rotatable bonds is 6. The monoisotopic (exact) mass is 335 g/mol. The molecule has 0 saturated heterocycles. The third-order valence-corrected chi connectivity index (χ3v) is 4.26. The van der Waals surface area contributed by atoms with Crippen LogP contribution in [0.2, 0.25) is 0 Å². The van der Waals surface area contributed by atoms with Gasteiger partial charge >= 0.3 is 5.97 Å². The summed E-state index contributed by atoms with van der Waals surface area (Å²) in [6.07, 6.45) is 3.99. The van der Waals surface area contributed by atoms with Gasteiger partial charge in [-0.2, -0.15) is 0 Å². The van der Waals surface area contributed by atoms with Gasteiger partial charge in [-0.05, 0) is 33.9 Å². The lowest BCUT2D eigenvalue weighted by molar-refractivity contribution is -0.139. The molecule has 0 spiro atoms. The van der Waals surface area contributed by atoms with Crippen LogP contribution in [-0.4, -0.2) is 22.7 Å². The van der Waals surface area contributed by atoms with Gasteiger partial charge in [0.15, 0.2) is 6.61 Å². The normalized spacial score (nSPS) is 11.0. The molecule has 0 aliphatic rings. The number of hydrogen-bond donors (Lipinski definition) is 1. The molecule has 2 aromatic carbocycles. The highest BCUT2D eigenvalue weighted by Gasteiger charge is 2.12. The first-order chi connectivity index (χ1) is 12.1. The van der Waals surface area contributed by atoms with Crippen molar-refractivity contribution in [1.82, 2.24) is 4.98 Å². The first-order valence-corrected chi connectivity index (χ1v) is 8.34. The summed E-state index contributed by atoms with van der Waals surface area (Å²) in [5.74, 6) is 0.0238. The highest BCUT2D eigenvalue weighted by molar-refractivity contribution is 5.89. The summed E-state index contributed by atoms with van der Waals surface area (Å²) in [4.78, 5) is 14.9. The molecule has 0 aliphatic heterocycles. The summed E-state index contributed by atoms with van der Waals surface area (Å²) in [6.45, 7) is 4.03. The van der Waals surface area contributed by atoms with Crippen LogP contribution >= 0.6 is 0 Å². The number of carbonyl (C=O) groups is 1. The maximum Gasteiger partial charge on any atom is 0.341 e. The molecule has 3 rings (SSSR count). The molecule has 1 aromatic heterocycles. The quantitative estimate of drug-likeness (QED) is 0.725. The Kier molecular flexibility index (Phi) is 4.98. The van der Waals surface area contributed by atoms with Crippen LogP contribution in [0.1, 0.15) is 36.5 Å². The van der Waals surface area contributed by atoms with Crippen LogP contribution in [0.4, 0.5) is 0 Å². The van der Waals surface area contributed by atoms with E-state index in [1.807, 2.05) is 6.07 Å². The van der Waals surface area contributed by atoms with E-state index in [4.69, 9.17) is 9.84 Å². The molecule has 25 heavy (non-hydrogen) atoms. The summed E-state index contributed by atoms with van der Waals surface area (Å²) in [7, 11) is 0. The molecule has 0 aliphatic carbocycles. The predicted octanol–water partition coefficient (Wildman–Crippen LogP) is 4.41. The number of pyridine rings is 1. The molecule has 128 valence electrons. The number of nitrogens with zero attached hydrogens (tertiary/aromatic N) is 1. The number of benzene rings is 2. The molecule has 0 unspecified atom stereocenters. The second-order valence-electron chi connectivity index (χ2n) is 6.36. The van der Waals surface area contributed by atoms with Gasteiger partial charge in [0.1, 0.15) is 5.75 Å². The Bertz CT molecular complexity index is 903. The number of aliphatic carboxylic acids is 1. The Hall–Kier alpha value is -2.88. The van der Waals surface area contributed by atoms with Crippen molar-refractivity contribution in [1.29, 1.82) is 0 Å². The molecule has 3 aromatic rings. The largest absolute Gasteiger partial charge is 0.481 e. The van der Waals surface area contributed by atoms with Crippen LogP contribution in [0.3, 0.4) is 0 Å². The van der Waals surface area contributed by atoms with Crippen LogP contribution in [0.15, 0.2) is 54.9 Å². The van der Waals surface area contributed by atoms with Crippen LogP contribution in [0, 0.1) is 0 Å². The Balaban J connectivity index is 1.99. The number of carboxylic acid groups (broad SMARTS) is 1. The zero-order valence-corrected chi connectivity index (χ0v) is 14.4. The molecule has 0 fully saturated rings. The van der Waals surface area contributed by atoms with Crippen molar-refractivity contribution in [3.63, 3.8) is 0 Å². The standard InChI is InChI=1S/C21H21NO3/c1-14(2)17-8-7-15(18-5-3-4-6-19(17)18)11-16-12-22-10-9-20(16)25-13-21(23)24/h3-10,12,14H,11,13H2,1-2H3,(H,23,24). The second-order valence-corrected chi connectivity index (χ2v) is 6.36. The average Bonchev–Trinajstić information content (AvgIpc) is 2.61. The number of fused-ring (bicyclic) bond motifs is 1. The fourth-order valence-electron chi connectivity index (χ4n) is 3.08. The lowest BCUT2D eigenvalue weighted by atomic mass is 9.91. The first kappa shape index (κ1) is 17.0. The fraction of sp³-hybridized carbons (Fsp3) is 0.238. The van der Waals surface area contributed by atoms with Gasteiger partial charge in [-0.15, -0.1) is 0 Å². The lowest BCUT2D eigenvalue weighted by Crippen LogP contribution is -2.10. The Morgan fingerprint density at radius 2 is 1.84 bits per heavy atom. The van der Waals surface area contributed by atoms with E-state index in [1.54, 1.807) is 18.5 Å². The maximum atomic E-state index is 10.8. The highest BCUT2D eigenvalue weighted by Crippen LogP contribution is 2.30. The van der Waals surface area contributed by atoms with Crippen molar-refractivity contribution >= 4 is 16.7 Å². The smallest absolute Gasteiger partial charge is 0.341 e. The van der Waals surface area contributed by atoms with E-state index in [0.717, 1.165) is 5.56 Å². The van der Waals surface area contributed by atoms with Gasteiger partial charge in [-0.1, -0.05) is 50.2 Å². The van der Waals surface area contributed by atoms with Crippen LogP contribution in [-0.2, 0) is 11.2 Å². The molecule has 4 heteroatoms. The molecule has 1 heterocycles. The van der Waals surface area contributed by atoms with E-state index in [-0.39, 0.29) is 6.61 Å². The summed E-state index contributed by atoms with van der Waals surface area (Å²) >= 11 is 0. The van der Waals surface area contributed by atoms with E-state index in [2.05, 4.69) is 49.2 Å². The Morgan fingerprint density at radius 3 is 2.56 bits per heavy atom. The molecule has 0 radical (unpaired) electrons. The molecular formula is C21H21NO3. The minimum Gasteiger partial charge on any atom is -0.481 e. The zero-order chi connectivity index (χ0) is 17.8. The SMILES string of the molecule is CC(C)c1ccc(Cc2cnccc2OCC(=O)O)c2ccccc12. The van der Waals surface area contributed by atoms with Gasteiger partial charge < -0.3 is 9.84 Å². The van der Waals surface area contributed by atoms with Crippen molar-refractivity contribution in [2.24, 2.45) is 0 Å². The Labute approximate surface area is 147 Å². The summed E-state index contributed by atoms with van der Waals surface area (Å²) in [6, 6.07) is 14.4. The average molecular weight is 335 g/mol.